The van der Waals surface area contributed by atoms with Gasteiger partial charge in [0.15, 0.2) is 0 Å². The predicted octanol–water partition coefficient (Wildman–Crippen LogP) is 8.64. The van der Waals surface area contributed by atoms with Crippen molar-refractivity contribution in [1.82, 2.24) is 13.8 Å². The third-order valence-corrected chi connectivity index (χ3v) is 9.05. The van der Waals surface area contributed by atoms with Gasteiger partial charge in [-0.15, -0.1) is 0 Å². The maximum Gasteiger partial charge on any atom is 0.131 e. The Morgan fingerprint density at radius 2 is 1.38 bits per heavy atom. The van der Waals surface area contributed by atoms with Crippen LogP contribution in [0.15, 0.2) is 115 Å². The normalized spacial score (nSPS) is 14.1. The summed E-state index contributed by atoms with van der Waals surface area (Å²) < 4.78 is 4.52. The van der Waals surface area contributed by atoms with E-state index in [1.165, 1.54) is 59.1 Å². The lowest BCUT2D eigenvalue weighted by atomic mass is 9.99. The standard InChI is InChI=1S/C32H29N3S.C5H11N/c1-24-22-35(23-25-12-6-3-7-13-25)30-19-18-28(20-29(24)30)31(21-33)36-34(2)32(26-14-8-4-9-15-26)27-16-10-5-11-17-27;1-6-4-2-3-5-6/h3-20,22,31-32H,23H2,1-2H3;2-5H2,1H3. The van der Waals surface area contributed by atoms with E-state index in [-0.39, 0.29) is 11.3 Å². The Bertz CT molecular complexity index is 1550. The van der Waals surface area contributed by atoms with Crippen LogP contribution < -0.4 is 0 Å². The lowest BCUT2D eigenvalue weighted by Gasteiger charge is -2.29. The summed E-state index contributed by atoms with van der Waals surface area (Å²) in [7, 11) is 4.26. The van der Waals surface area contributed by atoms with E-state index >= 15 is 0 Å². The molecule has 1 atom stereocenters. The molecule has 1 aliphatic heterocycles. The molecule has 1 aliphatic rings. The van der Waals surface area contributed by atoms with Crippen molar-refractivity contribution in [2.24, 2.45) is 0 Å². The first-order chi connectivity index (χ1) is 20.5. The number of benzene rings is 4. The number of rotatable bonds is 8. The van der Waals surface area contributed by atoms with Gasteiger partial charge < -0.3 is 9.47 Å². The lowest BCUT2D eigenvalue weighted by Crippen LogP contribution is -2.20. The van der Waals surface area contributed by atoms with Gasteiger partial charge in [0.2, 0.25) is 0 Å². The topological polar surface area (TPSA) is 35.2 Å². The number of hydrogen-bond donors (Lipinski definition) is 0. The molecule has 0 amide bonds. The molecule has 214 valence electrons. The molecule has 0 radical (unpaired) electrons. The molecule has 1 saturated heterocycles. The van der Waals surface area contributed by atoms with E-state index in [0.29, 0.717) is 0 Å². The molecule has 6 rings (SSSR count). The first-order valence-electron chi connectivity index (χ1n) is 14.7. The Morgan fingerprint density at radius 1 is 0.810 bits per heavy atom. The van der Waals surface area contributed by atoms with Crippen LogP contribution in [0, 0.1) is 18.3 Å². The van der Waals surface area contributed by atoms with Gasteiger partial charge in [-0.2, -0.15) is 5.26 Å². The van der Waals surface area contributed by atoms with E-state index < -0.39 is 0 Å². The van der Waals surface area contributed by atoms with Gasteiger partial charge in [0.1, 0.15) is 5.25 Å². The Morgan fingerprint density at radius 3 is 1.90 bits per heavy atom. The molecule has 0 N–H and O–H groups in total. The Labute approximate surface area is 255 Å². The van der Waals surface area contributed by atoms with Crippen LogP contribution in [-0.2, 0) is 6.54 Å². The van der Waals surface area contributed by atoms with Gasteiger partial charge in [-0.3, -0.25) is 0 Å². The molecule has 5 heteroatoms. The van der Waals surface area contributed by atoms with Crippen LogP contribution in [0.3, 0.4) is 0 Å². The summed E-state index contributed by atoms with van der Waals surface area (Å²) >= 11 is 1.58. The highest BCUT2D eigenvalue weighted by molar-refractivity contribution is 7.97. The fraction of sp³-hybridized carbons (Fsp3) is 0.270. The second kappa shape index (κ2) is 14.4. The van der Waals surface area contributed by atoms with Crippen LogP contribution in [-0.4, -0.2) is 41.0 Å². The number of aromatic nitrogens is 1. The van der Waals surface area contributed by atoms with Gasteiger partial charge >= 0.3 is 0 Å². The maximum absolute atomic E-state index is 10.2. The summed E-state index contributed by atoms with van der Waals surface area (Å²) in [6, 6.07) is 40.6. The van der Waals surface area contributed by atoms with Crippen LogP contribution >= 0.6 is 11.9 Å². The average Bonchev–Trinajstić information content (AvgIpc) is 3.63. The van der Waals surface area contributed by atoms with E-state index in [1.807, 2.05) is 18.2 Å². The summed E-state index contributed by atoms with van der Waals surface area (Å²) in [5.74, 6) is 0. The van der Waals surface area contributed by atoms with E-state index in [4.69, 9.17) is 0 Å². The van der Waals surface area contributed by atoms with Gasteiger partial charge in [0, 0.05) is 23.6 Å². The molecule has 0 bridgehead atoms. The maximum atomic E-state index is 10.2. The van der Waals surface area contributed by atoms with Gasteiger partial charge in [0.05, 0.1) is 12.1 Å². The molecule has 1 aromatic heterocycles. The summed E-state index contributed by atoms with van der Waals surface area (Å²) in [4.78, 5) is 2.36. The summed E-state index contributed by atoms with van der Waals surface area (Å²) in [5, 5.41) is 11.1. The fourth-order valence-electron chi connectivity index (χ4n) is 5.71. The molecule has 42 heavy (non-hydrogen) atoms. The molecule has 1 fully saturated rings. The Hall–Kier alpha value is -3.82. The number of nitriles is 1. The fourth-order valence-corrected chi connectivity index (χ4v) is 6.72. The zero-order valence-corrected chi connectivity index (χ0v) is 25.7. The van der Waals surface area contributed by atoms with Crippen molar-refractivity contribution in [3.8, 4) is 6.07 Å². The smallest absolute Gasteiger partial charge is 0.131 e. The minimum Gasteiger partial charge on any atom is -0.343 e. The third kappa shape index (κ3) is 7.33. The van der Waals surface area contributed by atoms with Crippen molar-refractivity contribution in [1.29, 1.82) is 5.26 Å². The van der Waals surface area contributed by atoms with Crippen LogP contribution in [0.4, 0.5) is 0 Å². The Kier molecular flexibility index (Phi) is 10.2. The molecule has 4 nitrogen and oxygen atoms in total. The predicted molar refractivity (Wildman–Crippen MR) is 177 cm³/mol. The lowest BCUT2D eigenvalue weighted by molar-refractivity contribution is 0.418. The second-order valence-corrected chi connectivity index (χ2v) is 12.4. The van der Waals surface area contributed by atoms with E-state index in [0.717, 1.165) is 12.1 Å². The van der Waals surface area contributed by atoms with Crippen LogP contribution in [0.1, 0.15) is 52.0 Å². The number of aryl methyl sites for hydroxylation is 1. The number of hydrogen-bond acceptors (Lipinski definition) is 4. The summed E-state index contributed by atoms with van der Waals surface area (Å²) in [6.45, 7) is 5.62. The molecular formula is C37H40N4S. The highest BCUT2D eigenvalue weighted by Gasteiger charge is 2.24. The van der Waals surface area contributed by atoms with Crippen molar-refractivity contribution in [2.45, 2.75) is 37.6 Å². The third-order valence-electron chi connectivity index (χ3n) is 7.92. The first kappa shape index (κ1) is 29.7. The van der Waals surface area contributed by atoms with Crippen LogP contribution in [0.5, 0.6) is 0 Å². The average molecular weight is 573 g/mol. The van der Waals surface area contributed by atoms with Crippen molar-refractivity contribution in [2.75, 3.05) is 27.2 Å². The van der Waals surface area contributed by atoms with E-state index in [1.54, 1.807) is 11.9 Å². The molecular weight excluding hydrogens is 533 g/mol. The summed E-state index contributed by atoms with van der Waals surface area (Å²) in [5.41, 5.74) is 7.14. The molecule has 4 aromatic carbocycles. The van der Waals surface area contributed by atoms with E-state index in [2.05, 4.69) is 138 Å². The molecule has 0 saturated carbocycles. The molecule has 5 aromatic rings. The van der Waals surface area contributed by atoms with Crippen molar-refractivity contribution in [3.63, 3.8) is 0 Å². The molecule has 0 spiro atoms. The van der Waals surface area contributed by atoms with Crippen LogP contribution in [0.2, 0.25) is 0 Å². The second-order valence-electron chi connectivity index (χ2n) is 11.1. The zero-order valence-electron chi connectivity index (χ0n) is 24.9. The largest absolute Gasteiger partial charge is 0.343 e. The molecule has 0 aliphatic carbocycles. The summed E-state index contributed by atoms with van der Waals surface area (Å²) in [6.07, 6.45) is 5.04. The quantitative estimate of drug-likeness (QED) is 0.174. The van der Waals surface area contributed by atoms with Gasteiger partial charge in [-0.05, 0) is 86.9 Å². The number of fused-ring (bicyclic) bond motifs is 1. The van der Waals surface area contributed by atoms with Gasteiger partial charge in [-0.25, -0.2) is 4.31 Å². The van der Waals surface area contributed by atoms with Crippen molar-refractivity contribution >= 4 is 22.9 Å². The van der Waals surface area contributed by atoms with E-state index in [9.17, 15) is 5.26 Å². The first-order valence-corrected chi connectivity index (χ1v) is 15.6. The zero-order chi connectivity index (χ0) is 29.3. The van der Waals surface area contributed by atoms with Crippen molar-refractivity contribution in [3.05, 3.63) is 143 Å². The number of nitrogens with zero attached hydrogens (tertiary/aromatic N) is 4. The van der Waals surface area contributed by atoms with Crippen LogP contribution in [0.25, 0.3) is 10.9 Å². The minimum absolute atomic E-state index is 0.0469. The molecule has 2 heterocycles. The minimum atomic E-state index is -0.314. The Balaban J connectivity index is 0.000000524. The molecule has 1 unspecified atom stereocenters. The highest BCUT2D eigenvalue weighted by Crippen LogP contribution is 2.40. The highest BCUT2D eigenvalue weighted by atomic mass is 32.2. The van der Waals surface area contributed by atoms with Gasteiger partial charge in [-0.1, -0.05) is 109 Å². The number of likely N-dealkylation sites (tertiary alicyclic amines) is 1. The van der Waals surface area contributed by atoms with Crippen molar-refractivity contribution < 1.29 is 0 Å². The SMILES string of the molecule is CN1CCCC1.Cc1cn(Cc2ccccc2)c2ccc(C(C#N)SN(C)C(c3ccccc3)c3ccccc3)cc12. The van der Waals surface area contributed by atoms with Gasteiger partial charge in [0.25, 0.3) is 0 Å². The monoisotopic (exact) mass is 572 g/mol.